The first-order chi connectivity index (χ1) is 9.69. The molecule has 0 fully saturated rings. The molecule has 0 unspecified atom stereocenters. The molecular weight excluding hydrogens is 250 g/mol. The van der Waals surface area contributed by atoms with Crippen molar-refractivity contribution in [3.63, 3.8) is 0 Å². The fourth-order valence-electron chi connectivity index (χ4n) is 2.46. The summed E-state index contributed by atoms with van der Waals surface area (Å²) in [6, 6.07) is 6.11. The van der Waals surface area contributed by atoms with E-state index in [0.29, 0.717) is 0 Å². The molecule has 5 nitrogen and oxygen atoms in total. The smallest absolute Gasteiger partial charge is 0.140 e. The number of rotatable bonds is 1. The highest BCUT2D eigenvalue weighted by atomic mass is 14.9. The van der Waals surface area contributed by atoms with Crippen LogP contribution in [0.25, 0.3) is 33.5 Å². The number of aromatic nitrogens is 5. The summed E-state index contributed by atoms with van der Waals surface area (Å²) >= 11 is 0. The Bertz CT molecular complexity index is 881. The number of benzene rings is 1. The van der Waals surface area contributed by atoms with E-state index >= 15 is 0 Å². The second kappa shape index (κ2) is 3.90. The highest BCUT2D eigenvalue weighted by molar-refractivity contribution is 5.92. The van der Waals surface area contributed by atoms with Gasteiger partial charge < -0.3 is 9.97 Å². The van der Waals surface area contributed by atoms with Crippen LogP contribution in [0.3, 0.4) is 0 Å². The van der Waals surface area contributed by atoms with Crippen molar-refractivity contribution in [3.8, 4) is 11.4 Å². The van der Waals surface area contributed by atoms with Crippen molar-refractivity contribution in [2.24, 2.45) is 0 Å². The molecule has 0 saturated heterocycles. The van der Waals surface area contributed by atoms with Crippen LogP contribution in [-0.4, -0.2) is 24.9 Å². The summed E-state index contributed by atoms with van der Waals surface area (Å²) in [6.45, 7) is 3.97. The predicted octanol–water partition coefficient (Wildman–Crippen LogP) is 3.12. The third kappa shape index (κ3) is 1.67. The predicted molar refractivity (Wildman–Crippen MR) is 78.5 cm³/mol. The quantitative estimate of drug-likeness (QED) is 0.554. The summed E-state index contributed by atoms with van der Waals surface area (Å²) in [5.74, 6) is 1.75. The molecule has 3 aromatic heterocycles. The number of imidazole rings is 2. The number of aryl methyl sites for hydroxylation is 2. The molecule has 0 aliphatic rings. The molecule has 0 spiro atoms. The average Bonchev–Trinajstić information content (AvgIpc) is 2.97. The van der Waals surface area contributed by atoms with Crippen LogP contribution in [0, 0.1) is 13.8 Å². The number of H-pyrrole nitrogens is 2. The minimum absolute atomic E-state index is 0.834. The molecule has 98 valence electrons. The van der Waals surface area contributed by atoms with Crippen LogP contribution < -0.4 is 0 Å². The van der Waals surface area contributed by atoms with Crippen LogP contribution in [0.15, 0.2) is 30.6 Å². The van der Waals surface area contributed by atoms with Gasteiger partial charge in [0.1, 0.15) is 11.6 Å². The summed E-state index contributed by atoms with van der Waals surface area (Å²) in [5, 5.41) is 0. The van der Waals surface area contributed by atoms with Gasteiger partial charge in [-0.1, -0.05) is 0 Å². The third-order valence-corrected chi connectivity index (χ3v) is 3.35. The lowest BCUT2D eigenvalue weighted by molar-refractivity contribution is 1.17. The Morgan fingerprint density at radius 3 is 2.50 bits per heavy atom. The monoisotopic (exact) mass is 263 g/mol. The molecule has 0 aliphatic carbocycles. The summed E-state index contributed by atoms with van der Waals surface area (Å²) < 4.78 is 0. The molecule has 0 bridgehead atoms. The van der Waals surface area contributed by atoms with Crippen molar-refractivity contribution in [2.75, 3.05) is 0 Å². The Hall–Kier alpha value is -2.69. The van der Waals surface area contributed by atoms with Gasteiger partial charge in [-0.3, -0.25) is 4.98 Å². The Labute approximate surface area is 115 Å². The molecule has 4 rings (SSSR count). The summed E-state index contributed by atoms with van der Waals surface area (Å²) in [7, 11) is 0. The van der Waals surface area contributed by atoms with Crippen LogP contribution >= 0.6 is 0 Å². The van der Waals surface area contributed by atoms with Gasteiger partial charge in [-0.15, -0.1) is 0 Å². The van der Waals surface area contributed by atoms with Crippen molar-refractivity contribution in [1.82, 2.24) is 24.9 Å². The maximum atomic E-state index is 4.63. The van der Waals surface area contributed by atoms with E-state index in [0.717, 1.165) is 44.8 Å². The van der Waals surface area contributed by atoms with Gasteiger partial charge in [-0.25, -0.2) is 9.97 Å². The largest absolute Gasteiger partial charge is 0.342 e. The van der Waals surface area contributed by atoms with E-state index in [1.807, 2.05) is 38.4 Å². The number of hydrogen-bond donors (Lipinski definition) is 2. The zero-order chi connectivity index (χ0) is 13.7. The molecule has 20 heavy (non-hydrogen) atoms. The maximum absolute atomic E-state index is 4.63. The number of fused-ring (bicyclic) bond motifs is 2. The van der Waals surface area contributed by atoms with Gasteiger partial charge in [0, 0.05) is 18.0 Å². The van der Waals surface area contributed by atoms with E-state index in [2.05, 4.69) is 31.0 Å². The standard InChI is InChI=1S/C15H13N5/c1-8-3-10(7-16-6-8)15-19-13-4-11-12(5-14(13)20-15)18-9(2)17-11/h3-7H,1-2H3,(H,17,18)(H,19,20). The Balaban J connectivity index is 1.94. The number of nitrogens with one attached hydrogen (secondary N) is 2. The number of aromatic amines is 2. The average molecular weight is 263 g/mol. The second-order valence-corrected chi connectivity index (χ2v) is 5.05. The highest BCUT2D eigenvalue weighted by Crippen LogP contribution is 2.24. The molecule has 2 N–H and O–H groups in total. The van der Waals surface area contributed by atoms with E-state index in [4.69, 9.17) is 0 Å². The first-order valence-corrected chi connectivity index (χ1v) is 6.47. The molecule has 0 saturated carbocycles. The lowest BCUT2D eigenvalue weighted by Crippen LogP contribution is -1.83. The normalized spacial score (nSPS) is 11.5. The van der Waals surface area contributed by atoms with Crippen LogP contribution in [0.5, 0.6) is 0 Å². The summed E-state index contributed by atoms with van der Waals surface area (Å²) in [4.78, 5) is 19.9. The minimum Gasteiger partial charge on any atom is -0.342 e. The molecule has 3 heterocycles. The fourth-order valence-corrected chi connectivity index (χ4v) is 2.46. The number of pyridine rings is 1. The molecule has 0 aliphatic heterocycles. The fraction of sp³-hybridized carbons (Fsp3) is 0.133. The summed E-state index contributed by atoms with van der Waals surface area (Å²) in [6.07, 6.45) is 3.65. The Kier molecular flexibility index (Phi) is 2.18. The zero-order valence-corrected chi connectivity index (χ0v) is 11.2. The van der Waals surface area contributed by atoms with Crippen molar-refractivity contribution in [3.05, 3.63) is 42.0 Å². The first kappa shape index (κ1) is 11.2. The lowest BCUT2D eigenvalue weighted by Gasteiger charge is -1.96. The van der Waals surface area contributed by atoms with E-state index in [1.165, 1.54) is 0 Å². The highest BCUT2D eigenvalue weighted by Gasteiger charge is 2.08. The SMILES string of the molecule is Cc1cncc(-c2nc3cc4nc(C)[nH]c4cc3[nH]2)c1. The third-order valence-electron chi connectivity index (χ3n) is 3.35. The number of nitrogens with zero attached hydrogens (tertiary/aromatic N) is 3. The molecule has 0 radical (unpaired) electrons. The maximum Gasteiger partial charge on any atom is 0.140 e. The van der Waals surface area contributed by atoms with Crippen LogP contribution in [0.1, 0.15) is 11.4 Å². The molecular formula is C15H13N5. The van der Waals surface area contributed by atoms with Crippen LogP contribution in [0.4, 0.5) is 0 Å². The van der Waals surface area contributed by atoms with E-state index in [1.54, 1.807) is 0 Å². The minimum atomic E-state index is 0.834. The molecule has 0 atom stereocenters. The molecule has 4 aromatic rings. The Morgan fingerprint density at radius 1 is 0.850 bits per heavy atom. The van der Waals surface area contributed by atoms with Gasteiger partial charge in [0.25, 0.3) is 0 Å². The topological polar surface area (TPSA) is 70.2 Å². The summed E-state index contributed by atoms with van der Waals surface area (Å²) in [5.41, 5.74) is 5.99. The van der Waals surface area contributed by atoms with Gasteiger partial charge in [0.05, 0.1) is 22.1 Å². The van der Waals surface area contributed by atoms with E-state index in [9.17, 15) is 0 Å². The van der Waals surface area contributed by atoms with E-state index < -0.39 is 0 Å². The van der Waals surface area contributed by atoms with Crippen molar-refractivity contribution < 1.29 is 0 Å². The van der Waals surface area contributed by atoms with Gasteiger partial charge in [0.2, 0.25) is 0 Å². The van der Waals surface area contributed by atoms with Crippen LogP contribution in [-0.2, 0) is 0 Å². The van der Waals surface area contributed by atoms with Crippen molar-refractivity contribution in [1.29, 1.82) is 0 Å². The van der Waals surface area contributed by atoms with Gasteiger partial charge in [-0.05, 0) is 37.6 Å². The van der Waals surface area contributed by atoms with Crippen LogP contribution in [0.2, 0.25) is 0 Å². The molecule has 5 heteroatoms. The van der Waals surface area contributed by atoms with Gasteiger partial charge in [-0.2, -0.15) is 0 Å². The molecule has 1 aromatic carbocycles. The molecule has 0 amide bonds. The zero-order valence-electron chi connectivity index (χ0n) is 11.2. The first-order valence-electron chi connectivity index (χ1n) is 6.47. The van der Waals surface area contributed by atoms with Gasteiger partial charge in [0.15, 0.2) is 0 Å². The number of hydrogen-bond acceptors (Lipinski definition) is 3. The second-order valence-electron chi connectivity index (χ2n) is 5.05. The van der Waals surface area contributed by atoms with Gasteiger partial charge >= 0.3 is 0 Å². The lowest BCUT2D eigenvalue weighted by atomic mass is 10.2. The van der Waals surface area contributed by atoms with E-state index in [-0.39, 0.29) is 0 Å². The van der Waals surface area contributed by atoms with Crippen molar-refractivity contribution in [2.45, 2.75) is 13.8 Å². The van der Waals surface area contributed by atoms with Crippen molar-refractivity contribution >= 4 is 22.1 Å². The Morgan fingerprint density at radius 2 is 1.65 bits per heavy atom.